The topological polar surface area (TPSA) is 88.9 Å². The lowest BCUT2D eigenvalue weighted by molar-refractivity contribution is -0.909. The molecule has 0 bridgehead atoms. The van der Waals surface area contributed by atoms with Gasteiger partial charge in [-0.1, -0.05) is 37.3 Å². The van der Waals surface area contributed by atoms with Gasteiger partial charge in [0.05, 0.1) is 18.1 Å². The lowest BCUT2D eigenvalue weighted by Gasteiger charge is -2.28. The Labute approximate surface area is 172 Å². The van der Waals surface area contributed by atoms with Gasteiger partial charge < -0.3 is 15.0 Å². The van der Waals surface area contributed by atoms with Gasteiger partial charge in [-0.05, 0) is 29.8 Å². The summed E-state index contributed by atoms with van der Waals surface area (Å²) in [6, 6.07) is 15.8. The number of ether oxygens (including phenoxy) is 1. The van der Waals surface area contributed by atoms with Crippen LogP contribution in [0.1, 0.15) is 28.9 Å². The third-order valence-electron chi connectivity index (χ3n) is 4.96. The molecule has 1 aliphatic heterocycles. The van der Waals surface area contributed by atoms with Crippen molar-refractivity contribution in [1.82, 2.24) is 10.0 Å². The zero-order valence-electron chi connectivity index (χ0n) is 16.6. The molecule has 2 aromatic carbocycles. The number of hydrogen-bond donors (Lipinski definition) is 3. The molecule has 156 valence electrons. The van der Waals surface area contributed by atoms with Crippen LogP contribution in [0.15, 0.2) is 59.5 Å². The largest absolute Gasteiger partial charge is 0.370 e. The SMILES string of the molecule is CCNS(=O)(=O)c1ccc(C(=O)N[C@H](C[NH+]2CCOCC2)c2ccccc2)cc1. The first-order chi connectivity index (χ1) is 14.0. The maximum Gasteiger partial charge on any atom is 0.251 e. The summed E-state index contributed by atoms with van der Waals surface area (Å²) in [4.78, 5) is 14.4. The summed E-state index contributed by atoms with van der Waals surface area (Å²) >= 11 is 0. The Morgan fingerprint density at radius 3 is 2.34 bits per heavy atom. The average molecular weight is 419 g/mol. The number of carbonyl (C=O) groups is 1. The minimum absolute atomic E-state index is 0.137. The summed E-state index contributed by atoms with van der Waals surface area (Å²) < 4.78 is 32.0. The number of quaternary nitrogens is 1. The van der Waals surface area contributed by atoms with E-state index in [2.05, 4.69) is 10.0 Å². The molecule has 0 aromatic heterocycles. The first-order valence-electron chi connectivity index (χ1n) is 9.86. The highest BCUT2D eigenvalue weighted by Gasteiger charge is 2.23. The molecule has 1 heterocycles. The molecular weight excluding hydrogens is 390 g/mol. The molecule has 0 radical (unpaired) electrons. The third kappa shape index (κ3) is 5.86. The molecule has 0 unspecified atom stereocenters. The maximum absolute atomic E-state index is 12.8. The highest BCUT2D eigenvalue weighted by atomic mass is 32.2. The van der Waals surface area contributed by atoms with Crippen molar-refractivity contribution in [2.45, 2.75) is 17.9 Å². The van der Waals surface area contributed by atoms with E-state index >= 15 is 0 Å². The Hall–Kier alpha value is -2.26. The quantitative estimate of drug-likeness (QED) is 0.578. The molecular formula is C21H28N3O4S+. The lowest BCUT2D eigenvalue weighted by atomic mass is 10.1. The monoisotopic (exact) mass is 418 g/mol. The van der Waals surface area contributed by atoms with Gasteiger partial charge in [0.2, 0.25) is 10.0 Å². The molecule has 0 saturated carbocycles. The highest BCUT2D eigenvalue weighted by molar-refractivity contribution is 7.89. The molecule has 3 rings (SSSR count). The number of carbonyl (C=O) groups excluding carboxylic acids is 1. The fourth-order valence-electron chi connectivity index (χ4n) is 3.39. The smallest absolute Gasteiger partial charge is 0.251 e. The molecule has 2 aromatic rings. The van der Waals surface area contributed by atoms with Gasteiger partial charge in [0.1, 0.15) is 25.7 Å². The van der Waals surface area contributed by atoms with E-state index in [1.807, 2.05) is 30.3 Å². The molecule has 29 heavy (non-hydrogen) atoms. The van der Waals surface area contributed by atoms with E-state index in [0.717, 1.165) is 38.4 Å². The molecule has 0 spiro atoms. The number of rotatable bonds is 8. The van der Waals surface area contributed by atoms with Gasteiger partial charge in [-0.25, -0.2) is 13.1 Å². The zero-order valence-corrected chi connectivity index (χ0v) is 17.4. The second-order valence-electron chi connectivity index (χ2n) is 7.03. The van der Waals surface area contributed by atoms with Gasteiger partial charge in [-0.15, -0.1) is 0 Å². The van der Waals surface area contributed by atoms with E-state index in [-0.39, 0.29) is 16.8 Å². The highest BCUT2D eigenvalue weighted by Crippen LogP contribution is 2.14. The molecule has 1 saturated heterocycles. The predicted molar refractivity (Wildman–Crippen MR) is 110 cm³/mol. The summed E-state index contributed by atoms with van der Waals surface area (Å²) in [7, 11) is -3.53. The third-order valence-corrected chi connectivity index (χ3v) is 6.52. The van der Waals surface area contributed by atoms with Gasteiger partial charge in [0.15, 0.2) is 0 Å². The van der Waals surface area contributed by atoms with Crippen molar-refractivity contribution >= 4 is 15.9 Å². The number of sulfonamides is 1. The summed E-state index contributed by atoms with van der Waals surface area (Å²) in [5.41, 5.74) is 1.48. The van der Waals surface area contributed by atoms with Gasteiger partial charge in [-0.2, -0.15) is 0 Å². The van der Waals surface area contributed by atoms with Crippen LogP contribution in [-0.2, 0) is 14.8 Å². The molecule has 8 heteroatoms. The molecule has 1 amide bonds. The number of hydrogen-bond acceptors (Lipinski definition) is 4. The summed E-state index contributed by atoms with van der Waals surface area (Å²) in [6.07, 6.45) is 0. The summed E-state index contributed by atoms with van der Waals surface area (Å²) in [5, 5.41) is 3.11. The van der Waals surface area contributed by atoms with E-state index in [0.29, 0.717) is 12.1 Å². The van der Waals surface area contributed by atoms with Crippen molar-refractivity contribution in [1.29, 1.82) is 0 Å². The van der Waals surface area contributed by atoms with Gasteiger partial charge in [-0.3, -0.25) is 4.79 Å². The zero-order chi connectivity index (χ0) is 20.7. The Kier molecular flexibility index (Phi) is 7.38. The van der Waals surface area contributed by atoms with Crippen LogP contribution in [0.5, 0.6) is 0 Å². The van der Waals surface area contributed by atoms with Crippen LogP contribution < -0.4 is 14.9 Å². The van der Waals surface area contributed by atoms with Crippen LogP contribution in [-0.4, -0.2) is 53.7 Å². The molecule has 3 N–H and O–H groups in total. The number of benzene rings is 2. The van der Waals surface area contributed by atoms with Crippen LogP contribution >= 0.6 is 0 Å². The minimum atomic E-state index is -3.53. The standard InChI is InChI=1S/C21H27N3O4S/c1-2-22-29(26,27)19-10-8-18(9-11-19)21(25)23-20(17-6-4-3-5-7-17)16-24-12-14-28-15-13-24/h3-11,20,22H,2,12-16H2,1H3,(H,23,25)/p+1/t20-/m1/s1. The van der Waals surface area contributed by atoms with Crippen molar-refractivity contribution in [2.75, 3.05) is 39.4 Å². The predicted octanol–water partition coefficient (Wildman–Crippen LogP) is 0.371. The van der Waals surface area contributed by atoms with Crippen LogP contribution in [0.25, 0.3) is 0 Å². The molecule has 1 fully saturated rings. The lowest BCUT2D eigenvalue weighted by Crippen LogP contribution is -3.14. The Morgan fingerprint density at radius 1 is 1.07 bits per heavy atom. The Morgan fingerprint density at radius 2 is 1.72 bits per heavy atom. The number of nitrogens with one attached hydrogen (secondary N) is 3. The first kappa shape index (κ1) is 21.4. The van der Waals surface area contributed by atoms with E-state index < -0.39 is 10.0 Å². The second-order valence-corrected chi connectivity index (χ2v) is 8.80. The maximum atomic E-state index is 12.8. The van der Waals surface area contributed by atoms with Gasteiger partial charge in [0, 0.05) is 12.1 Å². The van der Waals surface area contributed by atoms with Gasteiger partial charge >= 0.3 is 0 Å². The van der Waals surface area contributed by atoms with Crippen LogP contribution in [0, 0.1) is 0 Å². The summed E-state index contributed by atoms with van der Waals surface area (Å²) in [5.74, 6) is -0.223. The van der Waals surface area contributed by atoms with Crippen LogP contribution in [0.3, 0.4) is 0 Å². The number of amides is 1. The van der Waals surface area contributed by atoms with E-state index in [9.17, 15) is 13.2 Å². The molecule has 1 aliphatic rings. The van der Waals surface area contributed by atoms with Crippen molar-refractivity contribution in [3.63, 3.8) is 0 Å². The minimum Gasteiger partial charge on any atom is -0.370 e. The fraction of sp³-hybridized carbons (Fsp3) is 0.381. The van der Waals surface area contributed by atoms with Crippen LogP contribution in [0.2, 0.25) is 0 Å². The normalized spacial score (nSPS) is 16.3. The second kappa shape index (κ2) is 9.98. The van der Waals surface area contributed by atoms with E-state index in [1.54, 1.807) is 19.1 Å². The first-order valence-corrected chi connectivity index (χ1v) is 11.3. The Balaban J connectivity index is 1.73. The molecule has 7 nitrogen and oxygen atoms in total. The van der Waals surface area contributed by atoms with Crippen LogP contribution in [0.4, 0.5) is 0 Å². The summed E-state index contributed by atoms with van der Waals surface area (Å²) in [6.45, 7) is 6.09. The average Bonchev–Trinajstić information content (AvgIpc) is 2.74. The van der Waals surface area contributed by atoms with Crippen molar-refractivity contribution in [3.05, 3.63) is 65.7 Å². The molecule has 0 aliphatic carbocycles. The molecule has 1 atom stereocenters. The van der Waals surface area contributed by atoms with Crippen molar-refractivity contribution in [2.24, 2.45) is 0 Å². The Bertz CT molecular complexity index is 895. The van der Waals surface area contributed by atoms with E-state index in [4.69, 9.17) is 4.74 Å². The number of morpholine rings is 1. The van der Waals surface area contributed by atoms with Crippen molar-refractivity contribution < 1.29 is 22.8 Å². The van der Waals surface area contributed by atoms with E-state index in [1.165, 1.54) is 17.0 Å². The van der Waals surface area contributed by atoms with Gasteiger partial charge in [0.25, 0.3) is 5.91 Å². The van der Waals surface area contributed by atoms with Crippen molar-refractivity contribution in [3.8, 4) is 0 Å². The fourth-order valence-corrected chi connectivity index (χ4v) is 4.43.